The van der Waals surface area contributed by atoms with E-state index in [-0.39, 0.29) is 12.4 Å². The minimum atomic E-state index is 0.0166. The summed E-state index contributed by atoms with van der Waals surface area (Å²) in [4.78, 5) is 12.6. The highest BCUT2D eigenvalue weighted by molar-refractivity contribution is 5.99. The van der Waals surface area contributed by atoms with Crippen LogP contribution in [-0.2, 0) is 0 Å². The fourth-order valence-corrected chi connectivity index (χ4v) is 3.40. The van der Waals surface area contributed by atoms with Crippen LogP contribution in [0.4, 0.5) is 0 Å². The molecule has 0 amide bonds. The van der Waals surface area contributed by atoms with Crippen molar-refractivity contribution in [1.29, 1.82) is 0 Å². The molecular weight excluding hydrogens is 298 g/mol. The summed E-state index contributed by atoms with van der Waals surface area (Å²) in [5.41, 5.74) is 2.87. The van der Waals surface area contributed by atoms with E-state index in [9.17, 15) is 4.79 Å². The number of aryl methyl sites for hydroxylation is 1. The minimum Gasteiger partial charge on any atom is -0.485 e. The van der Waals surface area contributed by atoms with Crippen molar-refractivity contribution in [3.63, 3.8) is 0 Å². The number of hydrogen-bond donors (Lipinski definition) is 0. The lowest BCUT2D eigenvalue weighted by Gasteiger charge is -2.13. The third-order valence-corrected chi connectivity index (χ3v) is 4.41. The molecule has 0 unspecified atom stereocenters. The van der Waals surface area contributed by atoms with E-state index in [1.807, 2.05) is 62.4 Å². The lowest BCUT2D eigenvalue weighted by Crippen LogP contribution is -2.13. The molecule has 0 spiro atoms. The number of ketones is 1. The molecule has 0 fully saturated rings. The van der Waals surface area contributed by atoms with Gasteiger partial charge in [-0.2, -0.15) is 0 Å². The zero-order valence-corrected chi connectivity index (χ0v) is 14.7. The number of rotatable bonds is 5. The summed E-state index contributed by atoms with van der Waals surface area (Å²) in [5.74, 6) is 0.766. The third kappa shape index (κ3) is 2.94. The van der Waals surface area contributed by atoms with E-state index in [0.29, 0.717) is 6.04 Å². The summed E-state index contributed by atoms with van der Waals surface area (Å²) >= 11 is 0. The lowest BCUT2D eigenvalue weighted by atomic mass is 10.1. The second-order valence-electron chi connectivity index (χ2n) is 6.44. The molecule has 0 atom stereocenters. The van der Waals surface area contributed by atoms with Crippen molar-refractivity contribution in [2.24, 2.45) is 0 Å². The fourth-order valence-electron chi connectivity index (χ4n) is 3.40. The van der Waals surface area contributed by atoms with Crippen molar-refractivity contribution >= 4 is 16.6 Å². The van der Waals surface area contributed by atoms with E-state index < -0.39 is 0 Å². The average molecular weight is 321 g/mol. The molecule has 0 bridgehead atoms. The fraction of sp³-hybridized carbons (Fsp3) is 0.286. The summed E-state index contributed by atoms with van der Waals surface area (Å²) in [7, 11) is 0. The lowest BCUT2D eigenvalue weighted by molar-refractivity contribution is 0.0922. The van der Waals surface area contributed by atoms with Crippen LogP contribution >= 0.6 is 0 Å². The van der Waals surface area contributed by atoms with Crippen molar-refractivity contribution in [2.45, 2.75) is 33.7 Å². The van der Waals surface area contributed by atoms with Gasteiger partial charge in [0.25, 0.3) is 0 Å². The van der Waals surface area contributed by atoms with Gasteiger partial charge in [-0.15, -0.1) is 0 Å². The van der Waals surface area contributed by atoms with E-state index >= 15 is 0 Å². The molecule has 1 aromatic heterocycles. The van der Waals surface area contributed by atoms with E-state index in [0.717, 1.165) is 33.5 Å². The zero-order valence-electron chi connectivity index (χ0n) is 14.7. The van der Waals surface area contributed by atoms with Crippen LogP contribution in [-0.4, -0.2) is 17.0 Å². The molecule has 2 aromatic carbocycles. The molecule has 0 radical (unpaired) electrons. The van der Waals surface area contributed by atoms with Crippen LogP contribution in [0.15, 0.2) is 48.5 Å². The Morgan fingerprint density at radius 2 is 1.79 bits per heavy atom. The predicted molar refractivity (Wildman–Crippen MR) is 98.1 cm³/mol. The van der Waals surface area contributed by atoms with E-state index in [1.165, 1.54) is 0 Å². The Bertz CT molecular complexity index is 885. The van der Waals surface area contributed by atoms with Crippen molar-refractivity contribution in [3.8, 4) is 5.75 Å². The SMILES string of the molecule is Cc1cc(C(=O)COc2cccc3ccccc23)c(C)n1C(C)C. The van der Waals surface area contributed by atoms with Crippen molar-refractivity contribution in [1.82, 2.24) is 4.57 Å². The maximum absolute atomic E-state index is 12.6. The van der Waals surface area contributed by atoms with Gasteiger partial charge in [0, 0.05) is 28.4 Å². The molecule has 3 rings (SSSR count). The quantitative estimate of drug-likeness (QED) is 0.612. The molecule has 3 aromatic rings. The van der Waals surface area contributed by atoms with E-state index in [4.69, 9.17) is 4.74 Å². The van der Waals surface area contributed by atoms with Gasteiger partial charge >= 0.3 is 0 Å². The van der Waals surface area contributed by atoms with Gasteiger partial charge in [-0.25, -0.2) is 0 Å². The molecule has 3 nitrogen and oxygen atoms in total. The molecular formula is C21H23NO2. The van der Waals surface area contributed by atoms with Gasteiger partial charge in [-0.1, -0.05) is 36.4 Å². The van der Waals surface area contributed by atoms with Gasteiger partial charge in [-0.05, 0) is 45.2 Å². The van der Waals surface area contributed by atoms with Gasteiger partial charge in [0.05, 0.1) is 0 Å². The highest BCUT2D eigenvalue weighted by Crippen LogP contribution is 2.26. The van der Waals surface area contributed by atoms with Crippen molar-refractivity contribution in [3.05, 3.63) is 65.5 Å². The number of carbonyl (C=O) groups is 1. The number of benzene rings is 2. The Kier molecular flexibility index (Phi) is 4.43. The number of fused-ring (bicyclic) bond motifs is 1. The Labute approximate surface area is 142 Å². The van der Waals surface area contributed by atoms with E-state index in [1.54, 1.807) is 0 Å². The number of ether oxygens (including phenoxy) is 1. The molecule has 3 heteroatoms. The second-order valence-corrected chi connectivity index (χ2v) is 6.44. The smallest absolute Gasteiger partial charge is 0.202 e. The summed E-state index contributed by atoms with van der Waals surface area (Å²) in [6, 6.07) is 16.2. The number of carbonyl (C=O) groups excluding carboxylic acids is 1. The van der Waals surface area contributed by atoms with Crippen LogP contribution in [0.25, 0.3) is 10.8 Å². The van der Waals surface area contributed by atoms with Gasteiger partial charge in [0.15, 0.2) is 6.61 Å². The van der Waals surface area contributed by atoms with Crippen LogP contribution in [0, 0.1) is 13.8 Å². The Balaban J connectivity index is 1.82. The average Bonchev–Trinajstić information content (AvgIpc) is 2.87. The molecule has 24 heavy (non-hydrogen) atoms. The maximum Gasteiger partial charge on any atom is 0.202 e. The molecule has 0 aliphatic rings. The third-order valence-electron chi connectivity index (χ3n) is 4.41. The van der Waals surface area contributed by atoms with E-state index in [2.05, 4.69) is 18.4 Å². The Morgan fingerprint density at radius 1 is 1.08 bits per heavy atom. The number of hydrogen-bond acceptors (Lipinski definition) is 2. The standard InChI is InChI=1S/C21H23NO2/c1-14(2)22-15(3)12-19(16(22)4)20(23)13-24-21-11-7-9-17-8-5-6-10-18(17)21/h5-12,14H,13H2,1-4H3. The molecule has 124 valence electrons. The van der Waals surface area contributed by atoms with Gasteiger partial charge in [0.2, 0.25) is 5.78 Å². The van der Waals surface area contributed by atoms with Crippen LogP contribution in [0.2, 0.25) is 0 Å². The maximum atomic E-state index is 12.6. The Morgan fingerprint density at radius 3 is 2.50 bits per heavy atom. The largest absolute Gasteiger partial charge is 0.485 e. The molecule has 0 N–H and O–H groups in total. The van der Waals surface area contributed by atoms with Crippen LogP contribution in [0.3, 0.4) is 0 Å². The van der Waals surface area contributed by atoms with Crippen molar-refractivity contribution < 1.29 is 9.53 Å². The first-order valence-corrected chi connectivity index (χ1v) is 8.31. The van der Waals surface area contributed by atoms with Gasteiger partial charge < -0.3 is 9.30 Å². The molecule has 0 aliphatic carbocycles. The minimum absolute atomic E-state index is 0.0166. The molecule has 0 saturated carbocycles. The second kappa shape index (κ2) is 6.52. The monoisotopic (exact) mass is 321 g/mol. The first-order valence-electron chi connectivity index (χ1n) is 8.31. The normalized spacial score (nSPS) is 11.2. The molecule has 0 aliphatic heterocycles. The first-order chi connectivity index (χ1) is 11.5. The summed E-state index contributed by atoms with van der Waals surface area (Å²) < 4.78 is 8.03. The van der Waals surface area contributed by atoms with Crippen LogP contribution in [0.5, 0.6) is 5.75 Å². The summed E-state index contributed by atoms with van der Waals surface area (Å²) in [6.07, 6.45) is 0. The van der Waals surface area contributed by atoms with Gasteiger partial charge in [0.1, 0.15) is 5.75 Å². The van der Waals surface area contributed by atoms with Gasteiger partial charge in [-0.3, -0.25) is 4.79 Å². The number of aromatic nitrogens is 1. The number of Topliss-reactive ketones (excluding diaryl/α,β-unsaturated/α-hetero) is 1. The predicted octanol–water partition coefficient (Wildman–Crippen LogP) is 5.10. The van der Waals surface area contributed by atoms with Crippen molar-refractivity contribution in [2.75, 3.05) is 6.61 Å². The Hall–Kier alpha value is -2.55. The highest BCUT2D eigenvalue weighted by atomic mass is 16.5. The number of nitrogens with zero attached hydrogens (tertiary/aromatic N) is 1. The van der Waals surface area contributed by atoms with Crippen LogP contribution in [0.1, 0.15) is 41.6 Å². The highest BCUT2D eigenvalue weighted by Gasteiger charge is 2.17. The summed E-state index contributed by atoms with van der Waals surface area (Å²) in [6.45, 7) is 8.34. The summed E-state index contributed by atoms with van der Waals surface area (Å²) in [5, 5.41) is 2.14. The zero-order chi connectivity index (χ0) is 17.3. The first kappa shape index (κ1) is 16.3. The molecule has 0 saturated heterocycles. The molecule has 1 heterocycles. The van der Waals surface area contributed by atoms with Crippen LogP contribution < -0.4 is 4.74 Å². The topological polar surface area (TPSA) is 31.2 Å².